The molecule has 152 valence electrons. The average Bonchev–Trinajstić information content (AvgIpc) is 2.65. The zero-order valence-electron chi connectivity index (χ0n) is 14.3. The number of hydrogen-bond acceptors (Lipinski definition) is 4. The summed E-state index contributed by atoms with van der Waals surface area (Å²) in [5.41, 5.74) is -0.463. The molecule has 0 fully saturated rings. The second kappa shape index (κ2) is 7.87. The van der Waals surface area contributed by atoms with E-state index in [2.05, 4.69) is 0 Å². The summed E-state index contributed by atoms with van der Waals surface area (Å²) in [4.78, 5) is 0. The van der Waals surface area contributed by atoms with E-state index >= 15 is 0 Å². The molecule has 0 saturated carbocycles. The van der Waals surface area contributed by atoms with Crippen LogP contribution in [0.15, 0.2) is 54.6 Å². The van der Waals surface area contributed by atoms with Crippen molar-refractivity contribution in [1.29, 1.82) is 0 Å². The van der Waals surface area contributed by atoms with Gasteiger partial charge in [0, 0.05) is 16.1 Å². The summed E-state index contributed by atoms with van der Waals surface area (Å²) < 4.78 is 34.0. The summed E-state index contributed by atoms with van der Waals surface area (Å²) in [7, 11) is -5.09. The lowest BCUT2D eigenvalue weighted by Crippen LogP contribution is -2.39. The topological polar surface area (TPSA) is 94.8 Å². The van der Waals surface area contributed by atoms with Crippen molar-refractivity contribution in [3.8, 4) is 11.5 Å². The molecule has 3 aromatic carbocycles. The predicted molar refractivity (Wildman–Crippen MR) is 114 cm³/mol. The molecule has 0 aliphatic heterocycles. The number of halogens is 4. The third kappa shape index (κ3) is 3.54. The molecule has 0 radical (unpaired) electrons. The van der Waals surface area contributed by atoms with Crippen LogP contribution in [0.4, 0.5) is 0 Å². The lowest BCUT2D eigenvalue weighted by Gasteiger charge is -2.34. The molecule has 0 bridgehead atoms. The largest absolute Gasteiger partial charge is 0.508 e. The van der Waals surface area contributed by atoms with Crippen LogP contribution in [0.2, 0.25) is 20.1 Å². The minimum Gasteiger partial charge on any atom is -0.508 e. The smallest absolute Gasteiger partial charge is 0.283 e. The van der Waals surface area contributed by atoms with Gasteiger partial charge in [0.15, 0.2) is 10.5 Å². The number of hydrogen-bond donors (Lipinski definition) is 3. The maximum atomic E-state index is 13.0. The van der Waals surface area contributed by atoms with Crippen LogP contribution >= 0.6 is 46.4 Å². The van der Waals surface area contributed by atoms with E-state index in [-0.39, 0.29) is 37.5 Å². The van der Waals surface area contributed by atoms with Crippen LogP contribution in [0.1, 0.15) is 16.7 Å². The number of rotatable bonds is 4. The molecule has 1 atom stereocenters. The monoisotopic (exact) mass is 492 g/mol. The van der Waals surface area contributed by atoms with Crippen molar-refractivity contribution in [2.24, 2.45) is 0 Å². The number of phenolic OH excluding ortho intramolecular Hbond substituents is 2. The van der Waals surface area contributed by atoms with Crippen molar-refractivity contribution in [2.45, 2.75) is 4.75 Å². The van der Waals surface area contributed by atoms with Gasteiger partial charge in [-0.3, -0.25) is 4.55 Å². The summed E-state index contributed by atoms with van der Waals surface area (Å²) in [5.74, 6) is -0.945. The van der Waals surface area contributed by atoms with E-state index < -0.39 is 25.6 Å². The third-order valence-electron chi connectivity index (χ3n) is 4.41. The minimum absolute atomic E-state index is 0.0184. The van der Waals surface area contributed by atoms with Crippen LogP contribution in [0.5, 0.6) is 11.5 Å². The fourth-order valence-corrected chi connectivity index (χ4v) is 5.60. The van der Waals surface area contributed by atoms with Gasteiger partial charge in [-0.2, -0.15) is 8.42 Å². The Kier molecular flexibility index (Phi) is 5.98. The molecule has 3 aromatic rings. The molecule has 29 heavy (non-hydrogen) atoms. The Hall–Kier alpha value is -1.67. The lowest BCUT2D eigenvalue weighted by atomic mass is 9.83. The molecule has 3 N–H and O–H groups in total. The highest BCUT2D eigenvalue weighted by Crippen LogP contribution is 2.52. The molecule has 0 spiro atoms. The molecule has 5 nitrogen and oxygen atoms in total. The number of benzene rings is 3. The van der Waals surface area contributed by atoms with Crippen molar-refractivity contribution in [2.75, 3.05) is 0 Å². The van der Waals surface area contributed by atoms with E-state index in [1.807, 2.05) is 0 Å². The second-order valence-electron chi connectivity index (χ2n) is 6.07. The maximum absolute atomic E-state index is 13.0. The summed E-state index contributed by atoms with van der Waals surface area (Å²) in [5, 5.41) is 19.3. The van der Waals surface area contributed by atoms with Crippen LogP contribution in [0, 0.1) is 0 Å². The molecule has 0 aliphatic carbocycles. The molecular weight excluding hydrogens is 482 g/mol. The van der Waals surface area contributed by atoms with Gasteiger partial charge < -0.3 is 10.2 Å². The number of aromatic hydroxyl groups is 2. The first kappa shape index (κ1) is 22.0. The standard InChI is InChI=1S/C19H12Cl4O5S/c20-14-7-2-1-6-12(14)19(29(26,27)28,10-4-3-5-11(24)8-10)13-9-15(21)17(23)18(25)16(13)22/h1-9,24-25H,(H,26,27,28). The fraction of sp³-hybridized carbons (Fsp3) is 0.0526. The Balaban J connectivity index is 2.64. The first-order valence-electron chi connectivity index (χ1n) is 7.90. The van der Waals surface area contributed by atoms with Crippen LogP contribution in [-0.2, 0) is 14.9 Å². The predicted octanol–water partition coefficient (Wildman–Crippen LogP) is 5.89. The lowest BCUT2D eigenvalue weighted by molar-refractivity contribution is 0.455. The molecule has 0 heterocycles. The minimum atomic E-state index is -5.09. The summed E-state index contributed by atoms with van der Waals surface area (Å²) in [6.45, 7) is 0. The van der Waals surface area contributed by atoms with Crippen LogP contribution in [0.3, 0.4) is 0 Å². The van der Waals surface area contributed by atoms with E-state index in [9.17, 15) is 23.2 Å². The van der Waals surface area contributed by atoms with Crippen LogP contribution in [0.25, 0.3) is 0 Å². The molecule has 1 unspecified atom stereocenters. The van der Waals surface area contributed by atoms with Crippen molar-refractivity contribution in [3.63, 3.8) is 0 Å². The van der Waals surface area contributed by atoms with Crippen molar-refractivity contribution >= 4 is 56.5 Å². The molecule has 0 saturated heterocycles. The normalized spacial score (nSPS) is 13.8. The molecule has 0 aliphatic rings. The Morgan fingerprint density at radius 3 is 2.00 bits per heavy atom. The van der Waals surface area contributed by atoms with Gasteiger partial charge in [0.05, 0.1) is 10.0 Å². The molecule has 0 aromatic heterocycles. The first-order valence-corrected chi connectivity index (χ1v) is 10.9. The van der Waals surface area contributed by atoms with Crippen molar-refractivity contribution in [3.05, 3.63) is 91.4 Å². The zero-order chi connectivity index (χ0) is 21.6. The van der Waals surface area contributed by atoms with Gasteiger partial charge in [0.2, 0.25) is 0 Å². The molecule has 0 amide bonds. The second-order valence-corrected chi connectivity index (χ2v) is 9.20. The highest BCUT2D eigenvalue weighted by Gasteiger charge is 2.51. The van der Waals surface area contributed by atoms with Crippen molar-refractivity contribution in [1.82, 2.24) is 0 Å². The Bertz CT molecular complexity index is 1210. The van der Waals surface area contributed by atoms with Gasteiger partial charge in [0.25, 0.3) is 10.1 Å². The summed E-state index contributed by atoms with van der Waals surface area (Å²) in [6, 6.07) is 12.2. The van der Waals surface area contributed by atoms with E-state index in [0.717, 1.165) is 12.1 Å². The van der Waals surface area contributed by atoms with Crippen molar-refractivity contribution < 1.29 is 23.2 Å². The quantitative estimate of drug-likeness (QED) is 0.239. The first-order chi connectivity index (χ1) is 13.5. The zero-order valence-corrected chi connectivity index (χ0v) is 18.1. The van der Waals surface area contributed by atoms with Gasteiger partial charge >= 0.3 is 0 Å². The molecular formula is C19H12Cl4O5S. The Labute approximate surface area is 186 Å². The van der Waals surface area contributed by atoms with Gasteiger partial charge in [-0.05, 0) is 29.8 Å². The third-order valence-corrected chi connectivity index (χ3v) is 7.34. The fourth-order valence-electron chi connectivity index (χ4n) is 3.20. The highest BCUT2D eigenvalue weighted by atomic mass is 35.5. The Morgan fingerprint density at radius 2 is 1.41 bits per heavy atom. The molecule has 10 heteroatoms. The summed E-state index contributed by atoms with van der Waals surface area (Å²) >= 11 is 24.6. The van der Waals surface area contributed by atoms with E-state index in [4.69, 9.17) is 46.4 Å². The summed E-state index contributed by atoms with van der Waals surface area (Å²) in [6.07, 6.45) is 0. The van der Waals surface area contributed by atoms with E-state index in [1.165, 1.54) is 36.4 Å². The average molecular weight is 494 g/mol. The van der Waals surface area contributed by atoms with E-state index in [1.54, 1.807) is 6.07 Å². The van der Waals surface area contributed by atoms with Gasteiger partial charge in [0.1, 0.15) is 10.8 Å². The van der Waals surface area contributed by atoms with Crippen LogP contribution in [-0.4, -0.2) is 23.2 Å². The SMILES string of the molecule is O=S(=O)(O)C(c1cccc(O)c1)(c1ccccc1Cl)c1cc(Cl)c(Cl)c(O)c1Cl. The van der Waals surface area contributed by atoms with Gasteiger partial charge in [-0.15, -0.1) is 0 Å². The molecule has 3 rings (SSSR count). The van der Waals surface area contributed by atoms with Gasteiger partial charge in [-0.1, -0.05) is 76.7 Å². The Morgan fingerprint density at radius 1 is 0.759 bits per heavy atom. The maximum Gasteiger partial charge on any atom is 0.283 e. The van der Waals surface area contributed by atoms with Gasteiger partial charge in [-0.25, -0.2) is 0 Å². The van der Waals surface area contributed by atoms with Crippen LogP contribution < -0.4 is 0 Å². The number of phenols is 2. The van der Waals surface area contributed by atoms with E-state index in [0.29, 0.717) is 0 Å². The highest BCUT2D eigenvalue weighted by molar-refractivity contribution is 7.87.